The first-order valence-corrected chi connectivity index (χ1v) is 13.4. The quantitative estimate of drug-likeness (QED) is 0.567. The minimum Gasteiger partial charge on any atom is -0.478 e. The Morgan fingerprint density at radius 1 is 0.892 bits per heavy atom. The van der Waals surface area contributed by atoms with Crippen LogP contribution in [0.2, 0.25) is 0 Å². The number of benzene rings is 1. The molecule has 0 bridgehead atoms. The van der Waals surface area contributed by atoms with Crippen molar-refractivity contribution in [3.05, 3.63) is 34.4 Å². The van der Waals surface area contributed by atoms with Gasteiger partial charge >= 0.3 is 18.0 Å². The molecule has 9 heteroatoms. The summed E-state index contributed by atoms with van der Waals surface area (Å²) in [5.41, 5.74) is 0.797. The molecule has 9 nitrogen and oxygen atoms in total. The third-order valence-electron chi connectivity index (χ3n) is 7.99. The van der Waals surface area contributed by atoms with E-state index in [4.69, 9.17) is 9.47 Å². The summed E-state index contributed by atoms with van der Waals surface area (Å²) < 4.78 is 11.8. The maximum atomic E-state index is 12.3. The Morgan fingerprint density at radius 3 is 2.05 bits per heavy atom. The van der Waals surface area contributed by atoms with Gasteiger partial charge in [-0.15, -0.1) is 0 Å². The van der Waals surface area contributed by atoms with E-state index < -0.39 is 17.5 Å². The Kier molecular flexibility index (Phi) is 8.14. The van der Waals surface area contributed by atoms with Gasteiger partial charge in [-0.2, -0.15) is 0 Å². The summed E-state index contributed by atoms with van der Waals surface area (Å²) in [6.07, 6.45) is 5.79. The number of hydrogen-bond donors (Lipinski definition) is 2. The van der Waals surface area contributed by atoms with Crippen LogP contribution in [0, 0.1) is 6.92 Å². The SMILES string of the molecule is Cc1c(C2CCN(C3CC(OC4CCN(C(=O)OC(C)(C)C)CC4)C3)CC2)ccc(C(=O)O)c1C(=O)O. The van der Waals surface area contributed by atoms with E-state index in [9.17, 15) is 24.6 Å². The highest BCUT2D eigenvalue weighted by Gasteiger charge is 2.38. The van der Waals surface area contributed by atoms with Gasteiger partial charge in [-0.1, -0.05) is 6.07 Å². The smallest absolute Gasteiger partial charge is 0.410 e. The van der Waals surface area contributed by atoms with Gasteiger partial charge in [-0.05, 0) is 102 Å². The van der Waals surface area contributed by atoms with Crippen LogP contribution in [0.1, 0.15) is 97.1 Å². The van der Waals surface area contributed by atoms with Gasteiger partial charge in [0.1, 0.15) is 5.60 Å². The number of hydrogen-bond acceptors (Lipinski definition) is 6. The van der Waals surface area contributed by atoms with E-state index in [1.54, 1.807) is 17.9 Å². The van der Waals surface area contributed by atoms with Gasteiger partial charge in [0.15, 0.2) is 0 Å². The summed E-state index contributed by atoms with van der Waals surface area (Å²) >= 11 is 0. The number of ether oxygens (including phenoxy) is 2. The summed E-state index contributed by atoms with van der Waals surface area (Å²) in [7, 11) is 0. The molecule has 2 saturated heterocycles. The van der Waals surface area contributed by atoms with E-state index in [1.807, 2.05) is 20.8 Å². The van der Waals surface area contributed by atoms with E-state index >= 15 is 0 Å². The summed E-state index contributed by atoms with van der Waals surface area (Å²) in [6.45, 7) is 10.6. The standard InChI is InChI=1S/C28H40N2O7/c1-17-22(5-6-23(25(31)32)24(17)26(33)34)18-7-11-29(12-8-18)19-15-21(16-19)36-20-9-13-30(14-10-20)27(35)37-28(2,3)4/h5-6,18-21H,7-16H2,1-4H3,(H,31,32)(H,33,34). The average Bonchev–Trinajstić information content (AvgIpc) is 2.80. The molecule has 1 aliphatic carbocycles. The molecular weight excluding hydrogens is 476 g/mol. The van der Waals surface area contributed by atoms with Crippen molar-refractivity contribution < 1.29 is 34.1 Å². The molecule has 0 radical (unpaired) electrons. The molecule has 2 aliphatic heterocycles. The number of carboxylic acid groups (broad SMARTS) is 2. The first-order chi connectivity index (χ1) is 17.4. The van der Waals surface area contributed by atoms with Crippen LogP contribution < -0.4 is 0 Å². The number of carbonyl (C=O) groups is 3. The van der Waals surface area contributed by atoms with Crippen molar-refractivity contribution in [3.8, 4) is 0 Å². The number of likely N-dealkylation sites (tertiary alicyclic amines) is 2. The lowest BCUT2D eigenvalue weighted by molar-refractivity contribution is -0.105. The fourth-order valence-corrected chi connectivity index (χ4v) is 5.92. The zero-order chi connectivity index (χ0) is 26.9. The number of piperidine rings is 2. The molecule has 1 aromatic carbocycles. The number of amides is 1. The Labute approximate surface area is 218 Å². The maximum absolute atomic E-state index is 12.3. The zero-order valence-electron chi connectivity index (χ0n) is 22.4. The molecule has 204 valence electrons. The van der Waals surface area contributed by atoms with E-state index in [1.165, 1.54) is 6.07 Å². The van der Waals surface area contributed by atoms with Gasteiger partial charge in [0.05, 0.1) is 23.3 Å². The molecule has 0 atom stereocenters. The number of carboxylic acids is 2. The molecule has 1 saturated carbocycles. The highest BCUT2D eigenvalue weighted by molar-refractivity contribution is 6.03. The Bertz CT molecular complexity index is 1010. The highest BCUT2D eigenvalue weighted by Crippen LogP contribution is 2.37. The molecule has 3 fully saturated rings. The lowest BCUT2D eigenvalue weighted by Gasteiger charge is -2.47. The van der Waals surface area contributed by atoms with Crippen molar-refractivity contribution in [3.63, 3.8) is 0 Å². The third kappa shape index (κ3) is 6.44. The Morgan fingerprint density at radius 2 is 1.51 bits per heavy atom. The van der Waals surface area contributed by atoms with Crippen LogP contribution in [-0.2, 0) is 9.47 Å². The fraction of sp³-hybridized carbons (Fsp3) is 0.679. The molecule has 0 unspecified atom stereocenters. The van der Waals surface area contributed by atoms with Crippen LogP contribution in [0.15, 0.2) is 12.1 Å². The third-order valence-corrected chi connectivity index (χ3v) is 7.99. The van der Waals surface area contributed by atoms with Crippen molar-refractivity contribution in [1.29, 1.82) is 0 Å². The lowest BCUT2D eigenvalue weighted by Crippen LogP contribution is -2.52. The first kappa shape index (κ1) is 27.4. The van der Waals surface area contributed by atoms with Gasteiger partial charge in [0, 0.05) is 19.1 Å². The second kappa shape index (κ2) is 11.0. The molecule has 1 amide bonds. The van der Waals surface area contributed by atoms with Crippen molar-refractivity contribution in [2.75, 3.05) is 26.2 Å². The molecule has 2 heterocycles. The molecule has 1 aromatic rings. The lowest BCUT2D eigenvalue weighted by atomic mass is 9.81. The minimum atomic E-state index is -1.21. The van der Waals surface area contributed by atoms with Crippen molar-refractivity contribution >= 4 is 18.0 Å². The van der Waals surface area contributed by atoms with Crippen LogP contribution in [0.4, 0.5) is 4.79 Å². The number of nitrogens with zero attached hydrogens (tertiary/aromatic N) is 2. The Hall–Kier alpha value is -2.65. The second-order valence-corrected chi connectivity index (χ2v) is 11.7. The van der Waals surface area contributed by atoms with Crippen LogP contribution in [0.3, 0.4) is 0 Å². The number of aromatic carboxylic acids is 2. The van der Waals surface area contributed by atoms with E-state index in [-0.39, 0.29) is 35.3 Å². The molecule has 37 heavy (non-hydrogen) atoms. The van der Waals surface area contributed by atoms with E-state index in [2.05, 4.69) is 4.90 Å². The van der Waals surface area contributed by atoms with E-state index in [0.29, 0.717) is 24.7 Å². The topological polar surface area (TPSA) is 117 Å². The minimum absolute atomic E-state index is 0.0941. The molecule has 4 rings (SSSR count). The van der Waals surface area contributed by atoms with Crippen LogP contribution in [0.5, 0.6) is 0 Å². The summed E-state index contributed by atoms with van der Waals surface area (Å²) in [6, 6.07) is 3.75. The fourth-order valence-electron chi connectivity index (χ4n) is 5.92. The first-order valence-electron chi connectivity index (χ1n) is 13.4. The molecule has 0 aromatic heterocycles. The molecular formula is C28H40N2O7. The van der Waals surface area contributed by atoms with E-state index in [0.717, 1.165) is 57.2 Å². The largest absolute Gasteiger partial charge is 0.478 e. The van der Waals surface area contributed by atoms with Gasteiger partial charge in [0.25, 0.3) is 0 Å². The maximum Gasteiger partial charge on any atom is 0.410 e. The van der Waals surface area contributed by atoms with Crippen molar-refractivity contribution in [2.45, 2.75) is 96.0 Å². The monoisotopic (exact) mass is 516 g/mol. The predicted octanol–water partition coefficient (Wildman–Crippen LogP) is 4.52. The molecule has 3 aliphatic rings. The summed E-state index contributed by atoms with van der Waals surface area (Å²) in [5, 5.41) is 19.0. The van der Waals surface area contributed by atoms with Gasteiger partial charge in [-0.25, -0.2) is 14.4 Å². The Balaban J connectivity index is 1.21. The van der Waals surface area contributed by atoms with Gasteiger partial charge in [-0.3, -0.25) is 0 Å². The van der Waals surface area contributed by atoms with Crippen molar-refractivity contribution in [2.24, 2.45) is 0 Å². The second-order valence-electron chi connectivity index (χ2n) is 11.7. The summed E-state index contributed by atoms with van der Waals surface area (Å²) in [4.78, 5) is 39.7. The predicted molar refractivity (Wildman–Crippen MR) is 137 cm³/mol. The molecule has 2 N–H and O–H groups in total. The molecule has 0 spiro atoms. The zero-order valence-corrected chi connectivity index (χ0v) is 22.4. The van der Waals surface area contributed by atoms with Gasteiger partial charge < -0.3 is 29.5 Å². The summed E-state index contributed by atoms with van der Waals surface area (Å²) in [5.74, 6) is -2.16. The average molecular weight is 517 g/mol. The normalized spacial score (nSPS) is 23.9. The van der Waals surface area contributed by atoms with Gasteiger partial charge in [0.2, 0.25) is 0 Å². The van der Waals surface area contributed by atoms with Crippen LogP contribution >= 0.6 is 0 Å². The van der Waals surface area contributed by atoms with Crippen LogP contribution in [-0.4, -0.2) is 88.1 Å². The number of rotatable bonds is 6. The highest BCUT2D eigenvalue weighted by atomic mass is 16.6. The van der Waals surface area contributed by atoms with Crippen LogP contribution in [0.25, 0.3) is 0 Å². The van der Waals surface area contributed by atoms with Crippen molar-refractivity contribution in [1.82, 2.24) is 9.80 Å². The number of carbonyl (C=O) groups excluding carboxylic acids is 1.